The van der Waals surface area contributed by atoms with Gasteiger partial charge in [-0.1, -0.05) is 103 Å². The first-order valence-electron chi connectivity index (χ1n) is 18.2. The van der Waals surface area contributed by atoms with Gasteiger partial charge in [-0.3, -0.25) is 9.59 Å². The number of para-hydroxylation sites is 2. The summed E-state index contributed by atoms with van der Waals surface area (Å²) in [4.78, 5) is 26.0. The second kappa shape index (κ2) is 19.2. The molecule has 1 fully saturated rings. The molecule has 0 radical (unpaired) electrons. The number of rotatable bonds is 16. The van der Waals surface area contributed by atoms with Gasteiger partial charge in [-0.05, 0) is 71.0 Å². The molecule has 0 bridgehead atoms. The zero-order valence-electron chi connectivity index (χ0n) is 29.8. The van der Waals surface area contributed by atoms with Crippen molar-refractivity contribution in [3.8, 4) is 11.1 Å². The zero-order valence-corrected chi connectivity index (χ0v) is 30.6. The highest BCUT2D eigenvalue weighted by Gasteiger charge is 2.32. The molecule has 9 heteroatoms. The van der Waals surface area contributed by atoms with Crippen LogP contribution in [-0.4, -0.2) is 28.8 Å². The predicted octanol–water partition coefficient (Wildman–Crippen LogP) is 8.97. The summed E-state index contributed by atoms with van der Waals surface area (Å²) in [5.74, 6) is 0.729. The van der Waals surface area contributed by atoms with Crippen molar-refractivity contribution in [2.75, 3.05) is 16.8 Å². The molecule has 1 heterocycles. The van der Waals surface area contributed by atoms with E-state index in [1.165, 1.54) is 4.90 Å². The van der Waals surface area contributed by atoms with Crippen LogP contribution in [0, 0.1) is 0 Å². The molecule has 1 aliphatic heterocycles. The van der Waals surface area contributed by atoms with E-state index in [1.807, 2.05) is 54.6 Å². The smallest absolute Gasteiger partial charge is 0.224 e. The lowest BCUT2D eigenvalue weighted by atomic mass is 9.99. The molecule has 5 aromatic rings. The molecule has 53 heavy (non-hydrogen) atoms. The van der Waals surface area contributed by atoms with Crippen molar-refractivity contribution >= 4 is 35.0 Å². The Morgan fingerprint density at radius 3 is 2.19 bits per heavy atom. The fourth-order valence-electron chi connectivity index (χ4n) is 6.28. The molecule has 3 atom stereocenters. The van der Waals surface area contributed by atoms with Crippen LogP contribution in [0.3, 0.4) is 0 Å². The number of nitrogen functional groups attached to an aromatic ring is 1. The Morgan fingerprint density at radius 1 is 0.717 bits per heavy atom. The maximum Gasteiger partial charge on any atom is 0.224 e. The molecule has 1 aliphatic rings. The molecule has 2 amide bonds. The zero-order chi connectivity index (χ0) is 36.8. The highest BCUT2D eigenvalue weighted by molar-refractivity contribution is 7.99. The molecule has 8 nitrogen and oxygen atoms in total. The fourth-order valence-corrected chi connectivity index (χ4v) is 7.23. The molecule has 0 aromatic heterocycles. The number of carbonyl (C=O) groups is 2. The van der Waals surface area contributed by atoms with E-state index in [4.69, 9.17) is 15.2 Å². The number of aliphatic hydroxyl groups excluding tert-OH is 1. The lowest BCUT2D eigenvalue weighted by Gasteiger charge is -2.36. The average molecular weight is 730 g/mol. The van der Waals surface area contributed by atoms with E-state index in [0.29, 0.717) is 37.2 Å². The van der Waals surface area contributed by atoms with E-state index in [9.17, 15) is 14.7 Å². The van der Waals surface area contributed by atoms with Crippen LogP contribution >= 0.6 is 11.8 Å². The summed E-state index contributed by atoms with van der Waals surface area (Å²) in [6.07, 6.45) is 3.09. The van der Waals surface area contributed by atoms with Gasteiger partial charge in [0.1, 0.15) is 0 Å². The number of hydrogen-bond donors (Lipinski definition) is 4. The summed E-state index contributed by atoms with van der Waals surface area (Å²) in [7, 11) is 0. The summed E-state index contributed by atoms with van der Waals surface area (Å²) in [6, 6.07) is 42.0. The molecule has 0 saturated carbocycles. The minimum absolute atomic E-state index is 0.00290. The van der Waals surface area contributed by atoms with Gasteiger partial charge in [-0.15, -0.1) is 11.8 Å². The van der Waals surface area contributed by atoms with E-state index in [1.54, 1.807) is 23.9 Å². The van der Waals surface area contributed by atoms with Gasteiger partial charge >= 0.3 is 0 Å². The Kier molecular flexibility index (Phi) is 13.7. The minimum Gasteiger partial charge on any atom is -0.397 e. The number of thioether (sulfide) groups is 1. The number of benzene rings is 5. The van der Waals surface area contributed by atoms with Crippen LogP contribution in [0.1, 0.15) is 73.2 Å². The van der Waals surface area contributed by atoms with Crippen LogP contribution in [0.4, 0.5) is 11.4 Å². The number of nitrogens with two attached hydrogens (primary N) is 1. The van der Waals surface area contributed by atoms with Gasteiger partial charge in [-0.25, -0.2) is 0 Å². The molecule has 5 N–H and O–H groups in total. The normalized spacial score (nSPS) is 16.9. The molecular formula is C44H47N3O5S. The minimum atomic E-state index is -0.519. The highest BCUT2D eigenvalue weighted by Crippen LogP contribution is 2.40. The maximum absolute atomic E-state index is 12.6. The molecule has 274 valence electrons. The van der Waals surface area contributed by atoms with Gasteiger partial charge in [0, 0.05) is 42.0 Å². The van der Waals surface area contributed by atoms with E-state index in [0.717, 1.165) is 58.4 Å². The predicted molar refractivity (Wildman–Crippen MR) is 212 cm³/mol. The number of hydrogen-bond acceptors (Lipinski definition) is 7. The molecule has 1 saturated heterocycles. The fraction of sp³-hybridized carbons (Fsp3) is 0.273. The third-order valence-electron chi connectivity index (χ3n) is 9.27. The largest absolute Gasteiger partial charge is 0.397 e. The molecule has 6 rings (SSSR count). The third-order valence-corrected chi connectivity index (χ3v) is 10.4. The first-order valence-corrected chi connectivity index (χ1v) is 19.2. The summed E-state index contributed by atoms with van der Waals surface area (Å²) >= 11 is 1.78. The maximum atomic E-state index is 12.6. The first-order chi connectivity index (χ1) is 25.9. The summed E-state index contributed by atoms with van der Waals surface area (Å²) in [5, 5.41) is 15.4. The van der Waals surface area contributed by atoms with Crippen molar-refractivity contribution in [2.24, 2.45) is 0 Å². The standard InChI is InChI=1S/C44H47N3O5S/c45-39-14-7-8-15-40(39)47-43(50)17-6-2-5-16-42(49)46-28-32-10-9-11-36(26-32)33-22-24-35(25-23-33)44-51-37(30-53-38-12-3-1-4-13-38)27-41(52-44)34-20-18-31(29-48)19-21-34/h1,3-4,7-15,18-26,37,41,44,48H,2,5-6,16-17,27-30,45H2,(H,46,49)(H,47,50). The number of ether oxygens (including phenoxy) is 2. The van der Waals surface area contributed by atoms with Crippen molar-refractivity contribution in [2.45, 2.75) is 75.1 Å². The second-order valence-corrected chi connectivity index (χ2v) is 14.4. The Labute approximate surface area is 316 Å². The van der Waals surface area contributed by atoms with Crippen LogP contribution < -0.4 is 16.4 Å². The number of nitrogens with one attached hydrogen (secondary N) is 2. The van der Waals surface area contributed by atoms with Gasteiger partial charge in [0.05, 0.1) is 30.2 Å². The van der Waals surface area contributed by atoms with E-state index in [-0.39, 0.29) is 30.6 Å². The van der Waals surface area contributed by atoms with Gasteiger partial charge in [-0.2, -0.15) is 0 Å². The number of carbonyl (C=O) groups excluding carboxylic acids is 2. The Morgan fingerprint density at radius 2 is 1.43 bits per heavy atom. The van der Waals surface area contributed by atoms with Crippen LogP contribution in [0.2, 0.25) is 0 Å². The molecule has 0 spiro atoms. The lowest BCUT2D eigenvalue weighted by molar-refractivity contribution is -0.245. The van der Waals surface area contributed by atoms with Gasteiger partial charge in [0.25, 0.3) is 0 Å². The van der Waals surface area contributed by atoms with Crippen molar-refractivity contribution < 1.29 is 24.2 Å². The molecule has 5 aromatic carbocycles. The number of anilines is 2. The number of aliphatic hydroxyl groups is 1. The molecule has 0 aliphatic carbocycles. The monoisotopic (exact) mass is 729 g/mol. The van der Waals surface area contributed by atoms with Crippen molar-refractivity contribution in [1.82, 2.24) is 5.32 Å². The van der Waals surface area contributed by atoms with Gasteiger partial charge < -0.3 is 30.9 Å². The SMILES string of the molecule is Nc1ccccc1NC(=O)CCCCCC(=O)NCc1cccc(-c2ccc(C3OC(CSc4ccccc4)CC(c4ccc(CO)cc4)O3)cc2)c1. The van der Waals surface area contributed by atoms with Crippen LogP contribution in [0.25, 0.3) is 11.1 Å². The summed E-state index contributed by atoms with van der Waals surface area (Å²) in [6.45, 7) is 0.452. The van der Waals surface area contributed by atoms with Crippen molar-refractivity contribution in [1.29, 1.82) is 0 Å². The van der Waals surface area contributed by atoms with E-state index >= 15 is 0 Å². The second-order valence-electron chi connectivity index (χ2n) is 13.3. The van der Waals surface area contributed by atoms with Crippen LogP contribution in [0.15, 0.2) is 132 Å². The third kappa shape index (κ3) is 11.3. The van der Waals surface area contributed by atoms with E-state index in [2.05, 4.69) is 71.3 Å². The Balaban J connectivity index is 0.996. The summed E-state index contributed by atoms with van der Waals surface area (Å²) in [5.41, 5.74) is 13.1. The van der Waals surface area contributed by atoms with Crippen molar-refractivity contribution in [3.05, 3.63) is 150 Å². The Hall–Kier alpha value is -4.93. The molecular weight excluding hydrogens is 683 g/mol. The number of unbranched alkanes of at least 4 members (excludes halogenated alkanes) is 2. The van der Waals surface area contributed by atoms with E-state index < -0.39 is 6.29 Å². The Bertz CT molecular complexity index is 1920. The summed E-state index contributed by atoms with van der Waals surface area (Å²) < 4.78 is 13.1. The van der Waals surface area contributed by atoms with Gasteiger partial charge in [0.15, 0.2) is 6.29 Å². The topological polar surface area (TPSA) is 123 Å². The molecule has 3 unspecified atom stereocenters. The van der Waals surface area contributed by atoms with Gasteiger partial charge in [0.2, 0.25) is 11.8 Å². The quantitative estimate of drug-likeness (QED) is 0.0454. The number of amides is 2. The average Bonchev–Trinajstić information content (AvgIpc) is 3.20. The van der Waals surface area contributed by atoms with Crippen molar-refractivity contribution in [3.63, 3.8) is 0 Å². The highest BCUT2D eigenvalue weighted by atomic mass is 32.2. The van der Waals surface area contributed by atoms with Crippen LogP contribution in [0.5, 0.6) is 0 Å². The first kappa shape index (κ1) is 37.8. The lowest BCUT2D eigenvalue weighted by Crippen LogP contribution is -2.31. The van der Waals surface area contributed by atoms with Crippen LogP contribution in [-0.2, 0) is 32.2 Å².